The third kappa shape index (κ3) is 4.64. The lowest BCUT2D eigenvalue weighted by atomic mass is 10.2. The van der Waals surface area contributed by atoms with Gasteiger partial charge in [-0.1, -0.05) is 29.8 Å². The molecule has 10 heteroatoms. The Labute approximate surface area is 178 Å². The molecule has 0 saturated carbocycles. The smallest absolute Gasteiger partial charge is 0.273 e. The van der Waals surface area contributed by atoms with E-state index in [1.54, 1.807) is 30.3 Å². The fourth-order valence-electron chi connectivity index (χ4n) is 2.65. The van der Waals surface area contributed by atoms with Gasteiger partial charge in [0.25, 0.3) is 15.7 Å². The number of nitrogens with one attached hydrogen (secondary N) is 1. The maximum atomic E-state index is 12.9. The second-order valence-corrected chi connectivity index (χ2v) is 8.32. The second kappa shape index (κ2) is 8.60. The van der Waals surface area contributed by atoms with Gasteiger partial charge >= 0.3 is 0 Å². The van der Waals surface area contributed by atoms with E-state index in [1.165, 1.54) is 38.3 Å². The van der Waals surface area contributed by atoms with Crippen molar-refractivity contribution in [1.82, 2.24) is 0 Å². The Morgan fingerprint density at radius 1 is 1.00 bits per heavy atom. The molecule has 156 valence electrons. The Kier molecular flexibility index (Phi) is 6.14. The minimum Gasteiger partial charge on any atom is -0.493 e. The molecule has 0 heterocycles. The van der Waals surface area contributed by atoms with Crippen LogP contribution in [0.3, 0.4) is 0 Å². The predicted octanol–water partition coefficient (Wildman–Crippen LogP) is 5.16. The van der Waals surface area contributed by atoms with Gasteiger partial charge in [0.2, 0.25) is 0 Å². The summed E-state index contributed by atoms with van der Waals surface area (Å²) in [5.74, 6) is 0.998. The van der Waals surface area contributed by atoms with Crippen LogP contribution >= 0.6 is 11.6 Å². The number of halogens is 1. The molecule has 0 spiro atoms. The van der Waals surface area contributed by atoms with Crippen LogP contribution in [-0.4, -0.2) is 20.5 Å². The third-order valence-electron chi connectivity index (χ3n) is 4.16. The molecule has 3 aromatic carbocycles. The first-order chi connectivity index (χ1) is 14.2. The minimum absolute atomic E-state index is 0.0663. The molecular weight excluding hydrogens is 432 g/mol. The lowest BCUT2D eigenvalue weighted by molar-refractivity contribution is -0.385. The summed E-state index contributed by atoms with van der Waals surface area (Å²) in [7, 11) is -2.67. The van der Waals surface area contributed by atoms with Gasteiger partial charge in [0.15, 0.2) is 17.2 Å². The zero-order chi connectivity index (χ0) is 21.9. The molecule has 0 saturated heterocycles. The number of hydrogen-bond donors (Lipinski definition) is 1. The number of nitro benzene ring substituents is 1. The van der Waals surface area contributed by atoms with E-state index in [4.69, 9.17) is 21.1 Å². The second-order valence-electron chi connectivity index (χ2n) is 6.20. The van der Waals surface area contributed by atoms with E-state index in [0.29, 0.717) is 17.1 Å². The standard InChI is InChI=1S/C20H17ClN2O6S/c1-13-7-9-15(12-17(13)23(24)25)30(26,27)22-16-11-14(21)8-10-18(16)29-20-6-4-3-5-19(20)28-2/h3-12,22H,1-2H3. The summed E-state index contributed by atoms with van der Waals surface area (Å²) >= 11 is 6.04. The Balaban J connectivity index is 1.99. The third-order valence-corrected chi connectivity index (χ3v) is 5.76. The van der Waals surface area contributed by atoms with Crippen molar-refractivity contribution in [3.8, 4) is 17.2 Å². The zero-order valence-corrected chi connectivity index (χ0v) is 17.5. The van der Waals surface area contributed by atoms with Crippen molar-refractivity contribution in [1.29, 1.82) is 0 Å². The lowest BCUT2D eigenvalue weighted by Crippen LogP contribution is -2.14. The van der Waals surface area contributed by atoms with E-state index < -0.39 is 14.9 Å². The molecule has 0 aromatic heterocycles. The van der Waals surface area contributed by atoms with Crippen LogP contribution in [0.2, 0.25) is 5.02 Å². The number of aryl methyl sites for hydroxylation is 1. The van der Waals surface area contributed by atoms with Crippen LogP contribution < -0.4 is 14.2 Å². The fourth-order valence-corrected chi connectivity index (χ4v) is 3.90. The van der Waals surface area contributed by atoms with E-state index in [0.717, 1.165) is 6.07 Å². The van der Waals surface area contributed by atoms with Crippen LogP contribution in [0.5, 0.6) is 17.2 Å². The molecule has 0 bridgehead atoms. The van der Waals surface area contributed by atoms with Gasteiger partial charge in [0.1, 0.15) is 0 Å². The van der Waals surface area contributed by atoms with Crippen LogP contribution in [-0.2, 0) is 10.0 Å². The average molecular weight is 449 g/mol. The number of para-hydroxylation sites is 2. The first kappa shape index (κ1) is 21.4. The molecule has 1 N–H and O–H groups in total. The summed E-state index contributed by atoms with van der Waals surface area (Å²) in [6, 6.07) is 15.0. The van der Waals surface area contributed by atoms with E-state index >= 15 is 0 Å². The maximum absolute atomic E-state index is 12.9. The van der Waals surface area contributed by atoms with Crippen molar-refractivity contribution < 1.29 is 22.8 Å². The molecule has 0 atom stereocenters. The summed E-state index contributed by atoms with van der Waals surface area (Å²) in [4.78, 5) is 10.3. The quantitative estimate of drug-likeness (QED) is 0.395. The largest absolute Gasteiger partial charge is 0.493 e. The van der Waals surface area contributed by atoms with E-state index in [-0.39, 0.29) is 27.0 Å². The van der Waals surface area contributed by atoms with Gasteiger partial charge in [-0.05, 0) is 43.3 Å². The summed E-state index contributed by atoms with van der Waals surface area (Å²) in [5, 5.41) is 11.4. The SMILES string of the molecule is COc1ccccc1Oc1ccc(Cl)cc1NS(=O)(=O)c1ccc(C)c([N+](=O)[O-])c1. The Morgan fingerprint density at radius 2 is 1.70 bits per heavy atom. The van der Waals surface area contributed by atoms with Crippen molar-refractivity contribution in [3.05, 3.63) is 81.4 Å². The first-order valence-electron chi connectivity index (χ1n) is 8.59. The first-order valence-corrected chi connectivity index (χ1v) is 10.5. The molecule has 0 aliphatic rings. The van der Waals surface area contributed by atoms with Gasteiger partial charge in [0.05, 0.1) is 22.6 Å². The summed E-state index contributed by atoms with van der Waals surface area (Å²) in [6.07, 6.45) is 0. The van der Waals surface area contributed by atoms with Crippen molar-refractivity contribution in [2.45, 2.75) is 11.8 Å². The summed E-state index contributed by atoms with van der Waals surface area (Å²) in [5.41, 5.74) is 0.119. The normalized spacial score (nSPS) is 11.0. The number of ether oxygens (including phenoxy) is 2. The average Bonchev–Trinajstić information content (AvgIpc) is 2.70. The number of sulfonamides is 1. The number of anilines is 1. The number of rotatable bonds is 7. The summed E-state index contributed by atoms with van der Waals surface area (Å²) < 4.78 is 39.2. The van der Waals surface area contributed by atoms with Gasteiger partial charge in [-0.2, -0.15) is 0 Å². The van der Waals surface area contributed by atoms with Crippen molar-refractivity contribution in [3.63, 3.8) is 0 Å². The molecule has 0 radical (unpaired) electrons. The number of nitrogens with zero attached hydrogens (tertiary/aromatic N) is 1. The van der Waals surface area contributed by atoms with Gasteiger partial charge in [-0.3, -0.25) is 14.8 Å². The maximum Gasteiger partial charge on any atom is 0.273 e. The fraction of sp³-hybridized carbons (Fsp3) is 0.100. The lowest BCUT2D eigenvalue weighted by Gasteiger charge is -2.15. The molecule has 3 aromatic rings. The number of hydrogen-bond acceptors (Lipinski definition) is 6. The van der Waals surface area contributed by atoms with Crippen LogP contribution in [0.1, 0.15) is 5.56 Å². The monoisotopic (exact) mass is 448 g/mol. The predicted molar refractivity (Wildman–Crippen MR) is 113 cm³/mol. The topological polar surface area (TPSA) is 108 Å². The number of nitro groups is 1. The summed E-state index contributed by atoms with van der Waals surface area (Å²) in [6.45, 7) is 1.53. The van der Waals surface area contributed by atoms with Crippen molar-refractivity contribution in [2.24, 2.45) is 0 Å². The van der Waals surface area contributed by atoms with E-state index in [1.807, 2.05) is 0 Å². The van der Waals surface area contributed by atoms with Crippen LogP contribution in [0.25, 0.3) is 0 Å². The van der Waals surface area contributed by atoms with E-state index in [2.05, 4.69) is 4.72 Å². The van der Waals surface area contributed by atoms with Crippen LogP contribution in [0.4, 0.5) is 11.4 Å². The molecule has 0 amide bonds. The molecule has 30 heavy (non-hydrogen) atoms. The zero-order valence-electron chi connectivity index (χ0n) is 16.0. The number of methoxy groups -OCH3 is 1. The van der Waals surface area contributed by atoms with Gasteiger partial charge in [0, 0.05) is 16.7 Å². The number of benzene rings is 3. The van der Waals surface area contributed by atoms with Crippen LogP contribution in [0, 0.1) is 17.0 Å². The van der Waals surface area contributed by atoms with Gasteiger partial charge in [-0.15, -0.1) is 0 Å². The Morgan fingerprint density at radius 3 is 2.37 bits per heavy atom. The molecule has 3 rings (SSSR count). The molecule has 0 aliphatic carbocycles. The van der Waals surface area contributed by atoms with Gasteiger partial charge < -0.3 is 9.47 Å². The molecule has 0 fully saturated rings. The molecule has 0 unspecified atom stereocenters. The minimum atomic E-state index is -4.16. The highest BCUT2D eigenvalue weighted by Gasteiger charge is 2.22. The molecule has 0 aliphatic heterocycles. The Hall–Kier alpha value is -3.30. The van der Waals surface area contributed by atoms with Crippen molar-refractivity contribution in [2.75, 3.05) is 11.8 Å². The molecular formula is C20H17ClN2O6S. The highest BCUT2D eigenvalue weighted by atomic mass is 35.5. The van der Waals surface area contributed by atoms with Crippen LogP contribution in [0.15, 0.2) is 65.6 Å². The Bertz CT molecular complexity index is 1210. The van der Waals surface area contributed by atoms with Gasteiger partial charge in [-0.25, -0.2) is 8.42 Å². The highest BCUT2D eigenvalue weighted by Crippen LogP contribution is 2.37. The molecule has 8 nitrogen and oxygen atoms in total. The highest BCUT2D eigenvalue weighted by molar-refractivity contribution is 7.92. The van der Waals surface area contributed by atoms with Crippen molar-refractivity contribution >= 4 is 33.0 Å². The van der Waals surface area contributed by atoms with E-state index in [9.17, 15) is 18.5 Å².